The van der Waals surface area contributed by atoms with E-state index < -0.39 is 4.92 Å². The van der Waals surface area contributed by atoms with Crippen LogP contribution in [0.5, 0.6) is 0 Å². The predicted octanol–water partition coefficient (Wildman–Crippen LogP) is 1.43. The Labute approximate surface area is 90.4 Å². The number of nitrogens with zero attached hydrogens (tertiary/aromatic N) is 2. The van der Waals surface area contributed by atoms with Gasteiger partial charge in [0.15, 0.2) is 0 Å². The van der Waals surface area contributed by atoms with Crippen molar-refractivity contribution in [2.75, 3.05) is 0 Å². The second kappa shape index (κ2) is 3.58. The molecule has 0 aliphatic carbocycles. The summed E-state index contributed by atoms with van der Waals surface area (Å²) in [6.45, 7) is 0. The molecule has 6 nitrogen and oxygen atoms in total. The molecule has 2 aromatic rings. The van der Waals surface area contributed by atoms with Crippen LogP contribution < -0.4 is 5.73 Å². The highest BCUT2D eigenvalue weighted by molar-refractivity contribution is 5.95. The van der Waals surface area contributed by atoms with Crippen LogP contribution in [0, 0.1) is 15.5 Å². The zero-order valence-corrected chi connectivity index (χ0v) is 8.18. The van der Waals surface area contributed by atoms with Gasteiger partial charge in [-0.05, 0) is 12.1 Å². The smallest absolute Gasteiger partial charge is 0.270 e. The Bertz CT molecular complexity index is 541. The zero-order chi connectivity index (χ0) is 11.7. The molecule has 0 atom stereocenters. The molecule has 6 heteroatoms. The van der Waals surface area contributed by atoms with Crippen molar-refractivity contribution in [2.45, 2.75) is 0 Å². The number of amidine groups is 1. The van der Waals surface area contributed by atoms with Crippen molar-refractivity contribution in [3.63, 3.8) is 0 Å². The minimum atomic E-state index is -0.460. The summed E-state index contributed by atoms with van der Waals surface area (Å²) in [7, 11) is 0. The molecule has 1 aromatic heterocycles. The van der Waals surface area contributed by atoms with Crippen LogP contribution in [0.1, 0.15) is 5.69 Å². The molecule has 0 aliphatic heterocycles. The lowest BCUT2D eigenvalue weighted by atomic mass is 10.2. The third-order valence-electron chi connectivity index (χ3n) is 2.16. The summed E-state index contributed by atoms with van der Waals surface area (Å²) in [6, 6.07) is 7.58. The number of nitrogens with two attached hydrogens (primary N) is 1. The van der Waals surface area contributed by atoms with Crippen molar-refractivity contribution in [1.29, 1.82) is 5.41 Å². The molecule has 2 rings (SSSR count). The van der Waals surface area contributed by atoms with Crippen molar-refractivity contribution < 1.29 is 4.92 Å². The average Bonchev–Trinajstić information content (AvgIpc) is 2.27. The van der Waals surface area contributed by atoms with Crippen LogP contribution in [0.3, 0.4) is 0 Å². The lowest BCUT2D eigenvalue weighted by molar-refractivity contribution is -0.384. The fourth-order valence-electron chi connectivity index (χ4n) is 1.38. The number of non-ortho nitro benzene ring substituents is 1. The maximum absolute atomic E-state index is 10.6. The SMILES string of the molecule is N=C(N)c1ccc2cc([N+](=O)[O-])ccc2n1. The van der Waals surface area contributed by atoms with Gasteiger partial charge in [-0.15, -0.1) is 0 Å². The third-order valence-corrected chi connectivity index (χ3v) is 2.16. The van der Waals surface area contributed by atoms with Crippen LogP contribution in [0.15, 0.2) is 30.3 Å². The summed E-state index contributed by atoms with van der Waals surface area (Å²) in [6.07, 6.45) is 0. The molecule has 0 saturated carbocycles. The van der Waals surface area contributed by atoms with Crippen molar-refractivity contribution in [3.8, 4) is 0 Å². The van der Waals surface area contributed by atoms with E-state index in [2.05, 4.69) is 4.98 Å². The molecule has 1 heterocycles. The van der Waals surface area contributed by atoms with Crippen LogP contribution in [0.2, 0.25) is 0 Å². The van der Waals surface area contributed by atoms with Crippen LogP contribution in [0.4, 0.5) is 5.69 Å². The van der Waals surface area contributed by atoms with Crippen molar-refractivity contribution in [3.05, 3.63) is 46.1 Å². The van der Waals surface area contributed by atoms with Crippen LogP contribution >= 0.6 is 0 Å². The summed E-state index contributed by atoms with van der Waals surface area (Å²) < 4.78 is 0. The number of nitrogen functional groups attached to an aromatic ring is 1. The molecule has 0 spiro atoms. The van der Waals surface area contributed by atoms with Gasteiger partial charge >= 0.3 is 0 Å². The van der Waals surface area contributed by atoms with Gasteiger partial charge in [0.25, 0.3) is 5.69 Å². The Balaban J connectivity index is 2.61. The van der Waals surface area contributed by atoms with Gasteiger partial charge in [-0.25, -0.2) is 4.98 Å². The Morgan fingerprint density at radius 2 is 2.12 bits per heavy atom. The molecule has 0 aliphatic rings. The average molecular weight is 216 g/mol. The largest absolute Gasteiger partial charge is 0.382 e. The Hall–Kier alpha value is -2.50. The van der Waals surface area contributed by atoms with Gasteiger partial charge in [0.05, 0.1) is 10.4 Å². The number of nitrogens with one attached hydrogen (secondary N) is 1. The number of hydrogen-bond donors (Lipinski definition) is 2. The minimum absolute atomic E-state index is 0.0184. The molecule has 0 amide bonds. The molecule has 0 radical (unpaired) electrons. The molecule has 16 heavy (non-hydrogen) atoms. The van der Waals surface area contributed by atoms with Gasteiger partial charge in [-0.2, -0.15) is 0 Å². The van der Waals surface area contributed by atoms with E-state index >= 15 is 0 Å². The molecule has 0 saturated heterocycles. The van der Waals surface area contributed by atoms with Gasteiger partial charge in [0, 0.05) is 17.5 Å². The second-order valence-corrected chi connectivity index (χ2v) is 3.24. The number of rotatable bonds is 2. The van der Waals surface area contributed by atoms with Crippen molar-refractivity contribution in [2.24, 2.45) is 5.73 Å². The second-order valence-electron chi connectivity index (χ2n) is 3.24. The van der Waals surface area contributed by atoms with Crippen LogP contribution in [-0.2, 0) is 0 Å². The Morgan fingerprint density at radius 3 is 2.75 bits per heavy atom. The molecule has 0 bridgehead atoms. The number of aromatic nitrogens is 1. The van der Waals surface area contributed by atoms with Gasteiger partial charge in [0.1, 0.15) is 11.5 Å². The van der Waals surface area contributed by atoms with E-state index in [0.717, 1.165) is 0 Å². The number of fused-ring (bicyclic) bond motifs is 1. The highest BCUT2D eigenvalue weighted by Gasteiger charge is 2.07. The maximum atomic E-state index is 10.6. The summed E-state index contributed by atoms with van der Waals surface area (Å²) in [5.74, 6) is -0.125. The van der Waals surface area contributed by atoms with Gasteiger partial charge in [-0.3, -0.25) is 15.5 Å². The van der Waals surface area contributed by atoms with E-state index in [1.54, 1.807) is 18.2 Å². The maximum Gasteiger partial charge on any atom is 0.270 e. The van der Waals surface area contributed by atoms with E-state index in [4.69, 9.17) is 11.1 Å². The molecule has 0 unspecified atom stereocenters. The van der Waals surface area contributed by atoms with Crippen molar-refractivity contribution in [1.82, 2.24) is 4.98 Å². The standard InChI is InChI=1S/C10H8N4O2/c11-10(12)9-3-1-6-5-7(14(15)16)2-4-8(6)13-9/h1-5H,(H3,11,12). The monoisotopic (exact) mass is 216 g/mol. The third kappa shape index (κ3) is 1.68. The molecular weight excluding hydrogens is 208 g/mol. The van der Waals surface area contributed by atoms with Gasteiger partial charge < -0.3 is 5.73 Å². The first-order valence-electron chi connectivity index (χ1n) is 4.47. The molecule has 0 fully saturated rings. The minimum Gasteiger partial charge on any atom is -0.382 e. The van der Waals surface area contributed by atoms with E-state index in [-0.39, 0.29) is 11.5 Å². The topological polar surface area (TPSA) is 106 Å². The normalized spacial score (nSPS) is 10.2. The number of pyridine rings is 1. The summed E-state index contributed by atoms with van der Waals surface area (Å²) in [5.41, 5.74) is 6.26. The predicted molar refractivity (Wildman–Crippen MR) is 59.4 cm³/mol. The van der Waals surface area contributed by atoms with E-state index in [1.807, 2.05) is 0 Å². The Morgan fingerprint density at radius 1 is 1.38 bits per heavy atom. The zero-order valence-electron chi connectivity index (χ0n) is 8.18. The molecule has 80 valence electrons. The summed E-state index contributed by atoms with van der Waals surface area (Å²) in [5, 5.41) is 18.4. The highest BCUT2D eigenvalue weighted by Crippen LogP contribution is 2.19. The molecule has 3 N–H and O–H groups in total. The fraction of sp³-hybridized carbons (Fsp3) is 0. The van der Waals surface area contributed by atoms with E-state index in [1.165, 1.54) is 12.1 Å². The molecular formula is C10H8N4O2. The van der Waals surface area contributed by atoms with Crippen molar-refractivity contribution >= 4 is 22.4 Å². The number of nitro groups is 1. The summed E-state index contributed by atoms with van der Waals surface area (Å²) in [4.78, 5) is 14.2. The van der Waals surface area contributed by atoms with Crippen LogP contribution in [0.25, 0.3) is 10.9 Å². The lowest BCUT2D eigenvalue weighted by Gasteiger charge is -2.00. The first-order valence-corrected chi connectivity index (χ1v) is 4.47. The number of hydrogen-bond acceptors (Lipinski definition) is 4. The van der Waals surface area contributed by atoms with E-state index in [9.17, 15) is 10.1 Å². The molecule has 1 aromatic carbocycles. The van der Waals surface area contributed by atoms with Gasteiger partial charge in [0.2, 0.25) is 0 Å². The Kier molecular flexibility index (Phi) is 2.24. The highest BCUT2D eigenvalue weighted by atomic mass is 16.6. The number of nitro benzene ring substituents is 1. The quantitative estimate of drug-likeness (QED) is 0.342. The first kappa shape index (κ1) is 10.0. The van der Waals surface area contributed by atoms with E-state index in [0.29, 0.717) is 16.6 Å². The van der Waals surface area contributed by atoms with Crippen LogP contribution in [-0.4, -0.2) is 15.7 Å². The summed E-state index contributed by atoms with van der Waals surface area (Å²) >= 11 is 0. The van der Waals surface area contributed by atoms with Gasteiger partial charge in [-0.1, -0.05) is 6.07 Å². The fourth-order valence-corrected chi connectivity index (χ4v) is 1.38. The number of benzene rings is 1. The lowest BCUT2D eigenvalue weighted by Crippen LogP contribution is -2.12. The first-order chi connectivity index (χ1) is 7.58.